The highest BCUT2D eigenvalue weighted by atomic mass is 35.5. The first kappa shape index (κ1) is 16.6. The fourth-order valence-corrected chi connectivity index (χ4v) is 3.15. The van der Waals surface area contributed by atoms with Gasteiger partial charge in [0.05, 0.1) is 23.5 Å². The molecule has 1 aliphatic rings. The van der Waals surface area contributed by atoms with Gasteiger partial charge in [0.1, 0.15) is 0 Å². The van der Waals surface area contributed by atoms with Crippen molar-refractivity contribution in [2.24, 2.45) is 0 Å². The van der Waals surface area contributed by atoms with Gasteiger partial charge in [-0.1, -0.05) is 28.9 Å². The van der Waals surface area contributed by atoms with Crippen molar-refractivity contribution in [3.8, 4) is 0 Å². The van der Waals surface area contributed by atoms with Crippen molar-refractivity contribution >= 4 is 23.3 Å². The Hall–Kier alpha value is -2.28. The number of hydrogen-bond donors (Lipinski definition) is 2. The number of aromatic nitrogens is 3. The van der Waals surface area contributed by atoms with Crippen molar-refractivity contribution < 1.29 is 4.79 Å². The molecule has 2 amide bonds. The number of carbonyl (C=O) groups excluding carboxylic acids is 1. The molecule has 1 aliphatic heterocycles. The number of benzene rings is 1. The summed E-state index contributed by atoms with van der Waals surface area (Å²) in [5.41, 5.74) is 1.03. The highest BCUT2D eigenvalue weighted by Crippen LogP contribution is 2.27. The van der Waals surface area contributed by atoms with Crippen molar-refractivity contribution in [3.05, 3.63) is 41.7 Å². The van der Waals surface area contributed by atoms with E-state index in [1.807, 2.05) is 24.3 Å². The predicted molar refractivity (Wildman–Crippen MR) is 93.2 cm³/mol. The van der Waals surface area contributed by atoms with Crippen LogP contribution in [0.25, 0.3) is 0 Å². The second kappa shape index (κ2) is 8.01. The molecule has 1 aromatic heterocycles. The van der Waals surface area contributed by atoms with Gasteiger partial charge in [0.2, 0.25) is 0 Å². The van der Waals surface area contributed by atoms with Crippen LogP contribution in [-0.2, 0) is 6.54 Å². The third-order valence-electron chi connectivity index (χ3n) is 4.05. The Morgan fingerprint density at radius 3 is 3.04 bits per heavy atom. The zero-order valence-electron chi connectivity index (χ0n) is 13.4. The van der Waals surface area contributed by atoms with Crippen LogP contribution in [0.15, 0.2) is 36.7 Å². The molecule has 3 rings (SSSR count). The van der Waals surface area contributed by atoms with Gasteiger partial charge in [-0.15, -0.1) is 5.10 Å². The normalized spacial score (nSPS) is 17.5. The smallest absolute Gasteiger partial charge is 0.315 e. The van der Waals surface area contributed by atoms with Crippen LogP contribution in [0.5, 0.6) is 0 Å². The molecule has 0 aliphatic carbocycles. The Balaban J connectivity index is 1.46. The van der Waals surface area contributed by atoms with Crippen molar-refractivity contribution in [2.45, 2.75) is 25.4 Å². The molecule has 2 heterocycles. The number of para-hydroxylation sites is 1. The summed E-state index contributed by atoms with van der Waals surface area (Å²) in [5, 5.41) is 14.2. The molecule has 2 N–H and O–H groups in total. The minimum atomic E-state index is -0.152. The minimum Gasteiger partial charge on any atom is -0.368 e. The standard InChI is InChI=1S/C16H21ClN6O/c17-14-5-1-2-6-15(14)22-9-3-4-13(12-22)20-16(24)18-7-10-23-11-8-19-21-23/h1-2,5-6,8,11,13H,3-4,7,9-10,12H2,(H2,18,20,24). The van der Waals surface area contributed by atoms with Gasteiger partial charge in [0, 0.05) is 31.9 Å². The monoisotopic (exact) mass is 348 g/mol. The number of hydrogen-bond acceptors (Lipinski definition) is 4. The van der Waals surface area contributed by atoms with Gasteiger partial charge in [-0.2, -0.15) is 0 Å². The molecule has 1 fully saturated rings. The van der Waals surface area contributed by atoms with E-state index in [1.54, 1.807) is 17.1 Å². The highest BCUT2D eigenvalue weighted by molar-refractivity contribution is 6.33. The lowest BCUT2D eigenvalue weighted by Gasteiger charge is -2.35. The highest BCUT2D eigenvalue weighted by Gasteiger charge is 2.22. The molecule has 1 aromatic carbocycles. The number of rotatable bonds is 5. The quantitative estimate of drug-likeness (QED) is 0.865. The number of anilines is 1. The van der Waals surface area contributed by atoms with Crippen molar-refractivity contribution in [1.82, 2.24) is 25.6 Å². The average Bonchev–Trinajstić information content (AvgIpc) is 3.09. The predicted octanol–water partition coefficient (Wildman–Crippen LogP) is 1.90. The second-order valence-corrected chi connectivity index (χ2v) is 6.21. The maximum Gasteiger partial charge on any atom is 0.315 e. The van der Waals surface area contributed by atoms with Crippen LogP contribution < -0.4 is 15.5 Å². The summed E-state index contributed by atoms with van der Waals surface area (Å²) in [6, 6.07) is 7.78. The van der Waals surface area contributed by atoms with Gasteiger partial charge in [0.15, 0.2) is 0 Å². The van der Waals surface area contributed by atoms with E-state index in [0.29, 0.717) is 13.1 Å². The molecule has 1 saturated heterocycles. The molecule has 0 spiro atoms. The largest absolute Gasteiger partial charge is 0.368 e. The molecule has 128 valence electrons. The molecular weight excluding hydrogens is 328 g/mol. The number of carbonyl (C=O) groups is 1. The second-order valence-electron chi connectivity index (χ2n) is 5.80. The summed E-state index contributed by atoms with van der Waals surface area (Å²) >= 11 is 6.27. The number of urea groups is 1. The number of nitrogens with zero attached hydrogens (tertiary/aromatic N) is 4. The van der Waals surface area contributed by atoms with Crippen LogP contribution in [0.4, 0.5) is 10.5 Å². The maximum absolute atomic E-state index is 12.0. The van der Waals surface area contributed by atoms with E-state index in [9.17, 15) is 4.79 Å². The number of piperidine rings is 1. The SMILES string of the molecule is O=C(NCCn1ccnn1)NC1CCCN(c2ccccc2Cl)C1. The molecular formula is C16H21ClN6O. The third kappa shape index (κ3) is 4.38. The van der Waals surface area contributed by atoms with Crippen molar-refractivity contribution in [2.75, 3.05) is 24.5 Å². The van der Waals surface area contributed by atoms with Gasteiger partial charge in [-0.3, -0.25) is 4.68 Å². The van der Waals surface area contributed by atoms with Crippen LogP contribution >= 0.6 is 11.6 Å². The lowest BCUT2D eigenvalue weighted by atomic mass is 10.1. The molecule has 2 aromatic rings. The number of nitrogens with one attached hydrogen (secondary N) is 2. The lowest BCUT2D eigenvalue weighted by molar-refractivity contribution is 0.234. The van der Waals surface area contributed by atoms with Crippen LogP contribution in [0.1, 0.15) is 12.8 Å². The Morgan fingerprint density at radius 1 is 1.38 bits per heavy atom. The van der Waals surface area contributed by atoms with Gasteiger partial charge in [-0.05, 0) is 25.0 Å². The van der Waals surface area contributed by atoms with Crippen molar-refractivity contribution in [3.63, 3.8) is 0 Å². The lowest BCUT2D eigenvalue weighted by Crippen LogP contribution is -2.51. The van der Waals surface area contributed by atoms with Gasteiger partial charge >= 0.3 is 6.03 Å². The summed E-state index contributed by atoms with van der Waals surface area (Å²) in [7, 11) is 0. The van der Waals surface area contributed by atoms with E-state index < -0.39 is 0 Å². The van der Waals surface area contributed by atoms with Crippen molar-refractivity contribution in [1.29, 1.82) is 0 Å². The van der Waals surface area contributed by atoms with Gasteiger partial charge in [-0.25, -0.2) is 4.79 Å². The number of halogens is 1. The van der Waals surface area contributed by atoms with E-state index in [-0.39, 0.29) is 12.1 Å². The number of amides is 2. The molecule has 7 nitrogen and oxygen atoms in total. The van der Waals surface area contributed by atoms with Crippen LogP contribution in [0, 0.1) is 0 Å². The molecule has 1 atom stereocenters. The minimum absolute atomic E-state index is 0.112. The van der Waals surface area contributed by atoms with E-state index in [0.717, 1.165) is 36.6 Å². The fraction of sp³-hybridized carbons (Fsp3) is 0.438. The van der Waals surface area contributed by atoms with Crippen LogP contribution in [-0.4, -0.2) is 46.7 Å². The summed E-state index contributed by atoms with van der Waals surface area (Å²) in [4.78, 5) is 14.3. The first-order valence-electron chi connectivity index (χ1n) is 8.10. The van der Waals surface area contributed by atoms with Crippen LogP contribution in [0.3, 0.4) is 0 Å². The van der Waals surface area contributed by atoms with Gasteiger partial charge in [0.25, 0.3) is 0 Å². The third-order valence-corrected chi connectivity index (χ3v) is 4.37. The van der Waals surface area contributed by atoms with Gasteiger partial charge < -0.3 is 15.5 Å². The Bertz CT molecular complexity index is 662. The maximum atomic E-state index is 12.0. The fourth-order valence-electron chi connectivity index (χ4n) is 2.89. The summed E-state index contributed by atoms with van der Waals surface area (Å²) in [6.07, 6.45) is 5.38. The molecule has 0 saturated carbocycles. The zero-order valence-corrected chi connectivity index (χ0v) is 14.1. The molecule has 8 heteroatoms. The first-order valence-corrected chi connectivity index (χ1v) is 8.48. The van der Waals surface area contributed by atoms with E-state index in [2.05, 4.69) is 25.8 Å². The van der Waals surface area contributed by atoms with E-state index in [1.165, 1.54) is 0 Å². The Kier molecular flexibility index (Phi) is 5.53. The molecule has 0 bridgehead atoms. The summed E-state index contributed by atoms with van der Waals surface area (Å²) < 4.78 is 1.68. The topological polar surface area (TPSA) is 75.1 Å². The van der Waals surface area contributed by atoms with Crippen LogP contribution in [0.2, 0.25) is 5.02 Å². The zero-order chi connectivity index (χ0) is 16.8. The molecule has 1 unspecified atom stereocenters. The molecule has 0 radical (unpaired) electrons. The Labute approximate surface area is 146 Å². The van der Waals surface area contributed by atoms with E-state index >= 15 is 0 Å². The molecule has 24 heavy (non-hydrogen) atoms. The summed E-state index contributed by atoms with van der Waals surface area (Å²) in [6.45, 7) is 2.83. The Morgan fingerprint density at radius 2 is 2.25 bits per heavy atom. The van der Waals surface area contributed by atoms with E-state index in [4.69, 9.17) is 11.6 Å². The average molecular weight is 349 g/mol. The first-order chi connectivity index (χ1) is 11.7. The summed E-state index contributed by atoms with van der Waals surface area (Å²) in [5.74, 6) is 0.